The molecular weight excluding hydrogens is 331 g/mol. The SMILES string of the molecule is O=C(NC1CC(=O)N(Cc2cccc(F)c2)C1)c1ccccc1Cl. The van der Waals surface area contributed by atoms with Gasteiger partial charge in [0.2, 0.25) is 5.91 Å². The number of carbonyl (C=O) groups excluding carboxylic acids is 2. The Hall–Kier alpha value is -2.40. The van der Waals surface area contributed by atoms with Crippen molar-refractivity contribution in [3.63, 3.8) is 0 Å². The summed E-state index contributed by atoms with van der Waals surface area (Å²) in [7, 11) is 0. The molecule has 1 atom stereocenters. The van der Waals surface area contributed by atoms with Crippen molar-refractivity contribution in [1.82, 2.24) is 10.2 Å². The van der Waals surface area contributed by atoms with Crippen molar-refractivity contribution in [2.45, 2.75) is 19.0 Å². The third-order valence-corrected chi connectivity index (χ3v) is 4.26. The molecule has 1 aliphatic heterocycles. The largest absolute Gasteiger partial charge is 0.347 e. The second kappa shape index (κ2) is 7.01. The molecule has 1 aliphatic rings. The standard InChI is InChI=1S/C18H16ClFN2O2/c19-16-7-2-1-6-15(16)18(24)21-14-9-17(23)22(11-14)10-12-4-3-5-13(20)8-12/h1-8,14H,9-11H2,(H,21,24). The number of carbonyl (C=O) groups is 2. The molecule has 1 heterocycles. The highest BCUT2D eigenvalue weighted by Gasteiger charge is 2.31. The van der Waals surface area contributed by atoms with Crippen LogP contribution < -0.4 is 5.32 Å². The number of hydrogen-bond donors (Lipinski definition) is 1. The lowest BCUT2D eigenvalue weighted by atomic mass is 10.2. The van der Waals surface area contributed by atoms with Crippen molar-refractivity contribution in [3.8, 4) is 0 Å². The monoisotopic (exact) mass is 346 g/mol. The summed E-state index contributed by atoms with van der Waals surface area (Å²) in [5, 5.41) is 3.20. The molecule has 1 saturated heterocycles. The maximum Gasteiger partial charge on any atom is 0.253 e. The molecule has 2 aromatic carbocycles. The van der Waals surface area contributed by atoms with Crippen LogP contribution >= 0.6 is 11.6 Å². The van der Waals surface area contributed by atoms with Crippen molar-refractivity contribution in [1.29, 1.82) is 0 Å². The molecule has 1 N–H and O–H groups in total. The first-order chi connectivity index (χ1) is 11.5. The van der Waals surface area contributed by atoms with Gasteiger partial charge in [0.05, 0.1) is 16.6 Å². The van der Waals surface area contributed by atoms with E-state index in [4.69, 9.17) is 11.6 Å². The Bertz CT molecular complexity index is 781. The summed E-state index contributed by atoms with van der Waals surface area (Å²) >= 11 is 6.01. The van der Waals surface area contributed by atoms with Gasteiger partial charge in [-0.05, 0) is 29.8 Å². The van der Waals surface area contributed by atoms with Crippen LogP contribution in [0, 0.1) is 5.82 Å². The van der Waals surface area contributed by atoms with Crippen LogP contribution in [-0.2, 0) is 11.3 Å². The molecule has 4 nitrogen and oxygen atoms in total. The van der Waals surface area contributed by atoms with Crippen LogP contribution in [0.4, 0.5) is 4.39 Å². The topological polar surface area (TPSA) is 49.4 Å². The first-order valence-corrected chi connectivity index (χ1v) is 7.98. The van der Waals surface area contributed by atoms with Crippen molar-refractivity contribution in [3.05, 3.63) is 70.5 Å². The maximum absolute atomic E-state index is 13.2. The third-order valence-electron chi connectivity index (χ3n) is 3.93. The lowest BCUT2D eigenvalue weighted by Crippen LogP contribution is -2.37. The molecule has 124 valence electrons. The van der Waals surface area contributed by atoms with Crippen molar-refractivity contribution in [2.75, 3.05) is 6.54 Å². The summed E-state index contributed by atoms with van der Waals surface area (Å²) in [6.45, 7) is 0.723. The van der Waals surface area contributed by atoms with Crippen LogP contribution in [-0.4, -0.2) is 29.3 Å². The fourth-order valence-corrected chi connectivity index (χ4v) is 3.01. The Labute approximate surface area is 144 Å². The van der Waals surface area contributed by atoms with Crippen LogP contribution in [0.2, 0.25) is 5.02 Å². The number of nitrogens with one attached hydrogen (secondary N) is 1. The molecule has 6 heteroatoms. The molecular formula is C18H16ClFN2O2. The predicted octanol–water partition coefficient (Wildman–Crippen LogP) is 3.01. The quantitative estimate of drug-likeness (QED) is 0.925. The fourth-order valence-electron chi connectivity index (χ4n) is 2.79. The van der Waals surface area contributed by atoms with Gasteiger partial charge in [0, 0.05) is 19.5 Å². The normalized spacial score (nSPS) is 17.2. The molecule has 0 radical (unpaired) electrons. The minimum Gasteiger partial charge on any atom is -0.347 e. The van der Waals surface area contributed by atoms with Gasteiger partial charge in [-0.2, -0.15) is 0 Å². The van der Waals surface area contributed by atoms with Gasteiger partial charge in [-0.1, -0.05) is 35.9 Å². The number of nitrogens with zero attached hydrogens (tertiary/aromatic N) is 1. The van der Waals surface area contributed by atoms with Crippen LogP contribution in [0.25, 0.3) is 0 Å². The Kier molecular flexibility index (Phi) is 4.81. The van der Waals surface area contributed by atoms with E-state index in [0.717, 1.165) is 5.56 Å². The van der Waals surface area contributed by atoms with E-state index in [1.807, 2.05) is 0 Å². The third kappa shape index (κ3) is 3.74. The minimum absolute atomic E-state index is 0.0660. The molecule has 0 aliphatic carbocycles. The molecule has 1 unspecified atom stereocenters. The van der Waals surface area contributed by atoms with E-state index in [9.17, 15) is 14.0 Å². The molecule has 0 spiro atoms. The number of amides is 2. The van der Waals surface area contributed by atoms with E-state index >= 15 is 0 Å². The lowest BCUT2D eigenvalue weighted by Gasteiger charge is -2.17. The summed E-state index contributed by atoms with van der Waals surface area (Å²) in [5.74, 6) is -0.697. The highest BCUT2D eigenvalue weighted by atomic mass is 35.5. The number of benzene rings is 2. The van der Waals surface area contributed by atoms with Gasteiger partial charge in [0.25, 0.3) is 5.91 Å². The highest BCUT2D eigenvalue weighted by molar-refractivity contribution is 6.33. The van der Waals surface area contributed by atoms with Gasteiger partial charge in [0.15, 0.2) is 0 Å². The summed E-state index contributed by atoms with van der Waals surface area (Å²) in [6, 6.07) is 12.6. The van der Waals surface area contributed by atoms with Crippen molar-refractivity contribution >= 4 is 23.4 Å². The average Bonchev–Trinajstić information content (AvgIpc) is 2.87. The second-order valence-electron chi connectivity index (χ2n) is 5.76. The van der Waals surface area contributed by atoms with Crippen LogP contribution in [0.3, 0.4) is 0 Å². The van der Waals surface area contributed by atoms with E-state index in [0.29, 0.717) is 23.7 Å². The Morgan fingerprint density at radius 3 is 2.79 bits per heavy atom. The van der Waals surface area contributed by atoms with Crippen LogP contribution in [0.1, 0.15) is 22.3 Å². The summed E-state index contributed by atoms with van der Waals surface area (Å²) in [6.07, 6.45) is 0.228. The van der Waals surface area contributed by atoms with E-state index in [1.165, 1.54) is 12.1 Å². The number of halogens is 2. The molecule has 24 heavy (non-hydrogen) atoms. The maximum atomic E-state index is 13.2. The molecule has 2 aromatic rings. The van der Waals surface area contributed by atoms with E-state index in [-0.39, 0.29) is 30.1 Å². The van der Waals surface area contributed by atoms with Gasteiger partial charge in [0.1, 0.15) is 5.82 Å². The zero-order valence-electron chi connectivity index (χ0n) is 12.8. The first-order valence-electron chi connectivity index (χ1n) is 7.60. The molecule has 0 bridgehead atoms. The molecule has 0 saturated carbocycles. The van der Waals surface area contributed by atoms with Crippen LogP contribution in [0.5, 0.6) is 0 Å². The highest BCUT2D eigenvalue weighted by Crippen LogP contribution is 2.18. The average molecular weight is 347 g/mol. The minimum atomic E-state index is -0.331. The summed E-state index contributed by atoms with van der Waals surface area (Å²) < 4.78 is 13.2. The second-order valence-corrected chi connectivity index (χ2v) is 6.17. The van der Waals surface area contributed by atoms with E-state index in [2.05, 4.69) is 5.32 Å². The van der Waals surface area contributed by atoms with Gasteiger partial charge < -0.3 is 10.2 Å². The van der Waals surface area contributed by atoms with Gasteiger partial charge >= 0.3 is 0 Å². The van der Waals surface area contributed by atoms with E-state index in [1.54, 1.807) is 41.3 Å². The summed E-state index contributed by atoms with van der Waals surface area (Å²) in [5.41, 5.74) is 1.11. The Morgan fingerprint density at radius 1 is 1.25 bits per heavy atom. The lowest BCUT2D eigenvalue weighted by molar-refractivity contribution is -0.128. The molecule has 2 amide bonds. The van der Waals surface area contributed by atoms with Crippen molar-refractivity contribution in [2.24, 2.45) is 0 Å². The van der Waals surface area contributed by atoms with Crippen LogP contribution in [0.15, 0.2) is 48.5 Å². The number of rotatable bonds is 4. The fraction of sp³-hybridized carbons (Fsp3) is 0.222. The van der Waals surface area contributed by atoms with Gasteiger partial charge in [-0.3, -0.25) is 9.59 Å². The zero-order valence-corrected chi connectivity index (χ0v) is 13.6. The summed E-state index contributed by atoms with van der Waals surface area (Å²) in [4.78, 5) is 26.0. The predicted molar refractivity (Wildman–Crippen MR) is 89.1 cm³/mol. The number of likely N-dealkylation sites (tertiary alicyclic amines) is 1. The Balaban J connectivity index is 1.62. The smallest absolute Gasteiger partial charge is 0.253 e. The van der Waals surface area contributed by atoms with E-state index < -0.39 is 0 Å². The number of hydrogen-bond acceptors (Lipinski definition) is 2. The zero-order chi connectivity index (χ0) is 17.1. The first kappa shape index (κ1) is 16.5. The van der Waals surface area contributed by atoms with Crippen molar-refractivity contribution < 1.29 is 14.0 Å². The molecule has 0 aromatic heterocycles. The van der Waals surface area contributed by atoms with Gasteiger partial charge in [-0.25, -0.2) is 4.39 Å². The Morgan fingerprint density at radius 2 is 2.04 bits per heavy atom. The van der Waals surface area contributed by atoms with Gasteiger partial charge in [-0.15, -0.1) is 0 Å². The molecule has 1 fully saturated rings. The molecule has 3 rings (SSSR count).